The van der Waals surface area contributed by atoms with Crippen LogP contribution in [0.2, 0.25) is 0 Å². The predicted molar refractivity (Wildman–Crippen MR) is 74.2 cm³/mol. The zero-order chi connectivity index (χ0) is 12.3. The minimum Gasteiger partial charge on any atom is -0.311 e. The van der Waals surface area contributed by atoms with E-state index < -0.39 is 0 Å². The topological polar surface area (TPSA) is 15.3 Å². The van der Waals surface area contributed by atoms with Gasteiger partial charge in [-0.15, -0.1) is 0 Å². The molecule has 1 aliphatic carbocycles. The first-order valence-electron chi connectivity index (χ1n) is 7.67. The van der Waals surface area contributed by atoms with Crippen LogP contribution in [-0.2, 0) is 0 Å². The summed E-state index contributed by atoms with van der Waals surface area (Å²) in [5.74, 6) is 1.91. The van der Waals surface area contributed by atoms with E-state index in [1.807, 2.05) is 0 Å². The smallest absolute Gasteiger partial charge is 0.00816 e. The van der Waals surface area contributed by atoms with E-state index in [4.69, 9.17) is 0 Å². The highest BCUT2D eigenvalue weighted by atomic mass is 15.1. The number of nitrogens with one attached hydrogen (secondary N) is 1. The van der Waals surface area contributed by atoms with Crippen molar-refractivity contribution in [3.63, 3.8) is 0 Å². The Bertz CT molecular complexity index is 225. The molecule has 0 spiro atoms. The van der Waals surface area contributed by atoms with Crippen LogP contribution >= 0.6 is 0 Å². The molecular weight excluding hydrogens is 208 g/mol. The summed E-state index contributed by atoms with van der Waals surface area (Å²) in [6.45, 7) is 10.9. The largest absolute Gasteiger partial charge is 0.311 e. The number of nitrogens with zero attached hydrogens (tertiary/aromatic N) is 1. The Morgan fingerprint density at radius 3 is 2.65 bits per heavy atom. The summed E-state index contributed by atoms with van der Waals surface area (Å²) in [6.07, 6.45) is 7.16. The standard InChI is InChI=1S/C15H30N2/c1-4-17-9-5-6-15(11-17)13(3)16-12(2)10-14-7-8-14/h12-16H,4-11H2,1-3H3. The fourth-order valence-electron chi connectivity index (χ4n) is 3.29. The average molecular weight is 238 g/mol. The maximum atomic E-state index is 3.84. The number of piperidine rings is 1. The van der Waals surface area contributed by atoms with Gasteiger partial charge in [0.1, 0.15) is 0 Å². The molecule has 1 heterocycles. The summed E-state index contributed by atoms with van der Waals surface area (Å²) in [7, 11) is 0. The Morgan fingerprint density at radius 2 is 2.00 bits per heavy atom. The molecule has 3 unspecified atom stereocenters. The van der Waals surface area contributed by atoms with E-state index in [2.05, 4.69) is 31.0 Å². The van der Waals surface area contributed by atoms with Crippen molar-refractivity contribution in [2.75, 3.05) is 19.6 Å². The van der Waals surface area contributed by atoms with E-state index >= 15 is 0 Å². The van der Waals surface area contributed by atoms with Crippen molar-refractivity contribution in [2.45, 2.75) is 65.0 Å². The second kappa shape index (κ2) is 6.19. The van der Waals surface area contributed by atoms with E-state index in [-0.39, 0.29) is 0 Å². The third kappa shape index (κ3) is 4.26. The number of rotatable bonds is 6. The fourth-order valence-corrected chi connectivity index (χ4v) is 3.29. The number of hydrogen-bond donors (Lipinski definition) is 1. The van der Waals surface area contributed by atoms with Crippen molar-refractivity contribution >= 4 is 0 Å². The van der Waals surface area contributed by atoms with E-state index in [1.165, 1.54) is 51.7 Å². The Balaban J connectivity index is 1.71. The van der Waals surface area contributed by atoms with E-state index in [9.17, 15) is 0 Å². The molecule has 0 radical (unpaired) electrons. The quantitative estimate of drug-likeness (QED) is 0.765. The van der Waals surface area contributed by atoms with Crippen LogP contribution in [-0.4, -0.2) is 36.6 Å². The van der Waals surface area contributed by atoms with Gasteiger partial charge < -0.3 is 10.2 Å². The molecule has 0 aromatic rings. The first-order valence-corrected chi connectivity index (χ1v) is 7.67. The molecule has 0 bridgehead atoms. The molecule has 0 amide bonds. The van der Waals surface area contributed by atoms with Crippen LogP contribution in [0, 0.1) is 11.8 Å². The lowest BCUT2D eigenvalue weighted by molar-refractivity contribution is 0.152. The highest BCUT2D eigenvalue weighted by Crippen LogP contribution is 2.33. The lowest BCUT2D eigenvalue weighted by Gasteiger charge is -2.36. The second-order valence-electron chi connectivity index (χ2n) is 6.33. The molecule has 1 saturated heterocycles. The lowest BCUT2D eigenvalue weighted by Crippen LogP contribution is -2.46. The lowest BCUT2D eigenvalue weighted by atomic mass is 9.91. The van der Waals surface area contributed by atoms with Crippen LogP contribution in [0.5, 0.6) is 0 Å². The SMILES string of the molecule is CCN1CCCC(C(C)NC(C)CC2CC2)C1. The summed E-state index contributed by atoms with van der Waals surface area (Å²) < 4.78 is 0. The minimum absolute atomic E-state index is 0.693. The first-order chi connectivity index (χ1) is 8.19. The van der Waals surface area contributed by atoms with Crippen LogP contribution in [0.1, 0.15) is 52.9 Å². The molecule has 0 aromatic heterocycles. The zero-order valence-corrected chi connectivity index (χ0v) is 11.9. The number of likely N-dealkylation sites (tertiary alicyclic amines) is 1. The number of hydrogen-bond acceptors (Lipinski definition) is 2. The maximum absolute atomic E-state index is 3.84. The van der Waals surface area contributed by atoms with Crippen LogP contribution in [0.3, 0.4) is 0 Å². The molecule has 2 aliphatic rings. The molecule has 3 atom stereocenters. The normalized spacial score (nSPS) is 30.2. The zero-order valence-electron chi connectivity index (χ0n) is 11.9. The first kappa shape index (κ1) is 13.4. The van der Waals surface area contributed by atoms with Crippen LogP contribution in [0.4, 0.5) is 0 Å². The molecule has 0 aromatic carbocycles. The van der Waals surface area contributed by atoms with Gasteiger partial charge in [-0.3, -0.25) is 0 Å². The second-order valence-corrected chi connectivity index (χ2v) is 6.33. The van der Waals surface area contributed by atoms with Gasteiger partial charge in [0.25, 0.3) is 0 Å². The van der Waals surface area contributed by atoms with E-state index in [0.717, 1.165) is 17.9 Å². The monoisotopic (exact) mass is 238 g/mol. The summed E-state index contributed by atoms with van der Waals surface area (Å²) in [5.41, 5.74) is 0. The van der Waals surface area contributed by atoms with Gasteiger partial charge >= 0.3 is 0 Å². The Hall–Kier alpha value is -0.0800. The Kier molecular flexibility index (Phi) is 4.87. The highest BCUT2D eigenvalue weighted by Gasteiger charge is 2.27. The van der Waals surface area contributed by atoms with Gasteiger partial charge in [0.2, 0.25) is 0 Å². The van der Waals surface area contributed by atoms with Crippen molar-refractivity contribution in [1.29, 1.82) is 0 Å². The van der Waals surface area contributed by atoms with Crippen molar-refractivity contribution < 1.29 is 0 Å². The highest BCUT2D eigenvalue weighted by molar-refractivity contribution is 4.84. The fraction of sp³-hybridized carbons (Fsp3) is 1.00. The summed E-state index contributed by atoms with van der Waals surface area (Å²) in [6, 6.07) is 1.41. The van der Waals surface area contributed by atoms with Gasteiger partial charge in [0.05, 0.1) is 0 Å². The molecule has 1 N–H and O–H groups in total. The van der Waals surface area contributed by atoms with Gasteiger partial charge in [-0.1, -0.05) is 19.8 Å². The van der Waals surface area contributed by atoms with Crippen molar-refractivity contribution in [3.05, 3.63) is 0 Å². The van der Waals surface area contributed by atoms with E-state index in [0.29, 0.717) is 6.04 Å². The van der Waals surface area contributed by atoms with Crippen molar-refractivity contribution in [2.24, 2.45) is 11.8 Å². The van der Waals surface area contributed by atoms with Gasteiger partial charge in [-0.25, -0.2) is 0 Å². The molecule has 2 heteroatoms. The van der Waals surface area contributed by atoms with Gasteiger partial charge in [0.15, 0.2) is 0 Å². The predicted octanol–water partition coefficient (Wildman–Crippen LogP) is 2.89. The average Bonchev–Trinajstić information content (AvgIpc) is 3.12. The van der Waals surface area contributed by atoms with Crippen LogP contribution < -0.4 is 5.32 Å². The summed E-state index contributed by atoms with van der Waals surface area (Å²) in [5, 5.41) is 3.84. The van der Waals surface area contributed by atoms with Gasteiger partial charge in [-0.2, -0.15) is 0 Å². The summed E-state index contributed by atoms with van der Waals surface area (Å²) in [4.78, 5) is 2.61. The molecule has 2 rings (SSSR count). The maximum Gasteiger partial charge on any atom is 0.00816 e. The third-order valence-corrected chi connectivity index (χ3v) is 4.63. The third-order valence-electron chi connectivity index (χ3n) is 4.63. The van der Waals surface area contributed by atoms with Crippen molar-refractivity contribution in [3.8, 4) is 0 Å². The molecule has 17 heavy (non-hydrogen) atoms. The molecular formula is C15H30N2. The Labute approximate surface area is 107 Å². The molecule has 2 fully saturated rings. The van der Waals surface area contributed by atoms with Gasteiger partial charge in [0, 0.05) is 18.6 Å². The summed E-state index contributed by atoms with van der Waals surface area (Å²) >= 11 is 0. The molecule has 1 aliphatic heterocycles. The minimum atomic E-state index is 0.693. The van der Waals surface area contributed by atoms with E-state index in [1.54, 1.807) is 0 Å². The molecule has 100 valence electrons. The van der Waals surface area contributed by atoms with Crippen LogP contribution in [0.15, 0.2) is 0 Å². The van der Waals surface area contributed by atoms with Crippen molar-refractivity contribution in [1.82, 2.24) is 10.2 Å². The molecule has 1 saturated carbocycles. The van der Waals surface area contributed by atoms with Gasteiger partial charge in [-0.05, 0) is 58.0 Å². The molecule has 2 nitrogen and oxygen atoms in total. The Morgan fingerprint density at radius 1 is 1.24 bits per heavy atom. The van der Waals surface area contributed by atoms with Crippen LogP contribution in [0.25, 0.3) is 0 Å².